The lowest BCUT2D eigenvalue weighted by molar-refractivity contribution is -0.891. The number of halogens is 1. The Hall–Kier alpha value is 0.250. The highest BCUT2D eigenvalue weighted by atomic mass is 35.5. The quantitative estimate of drug-likeness (QED) is 0.620. The van der Waals surface area contributed by atoms with E-state index in [2.05, 4.69) is 41.8 Å². The van der Waals surface area contributed by atoms with Crippen LogP contribution in [0.3, 0.4) is 0 Å². The van der Waals surface area contributed by atoms with E-state index in [1.165, 1.54) is 56.1 Å². The number of hydrogen-bond donors (Lipinski definition) is 0. The van der Waals surface area contributed by atoms with E-state index in [0.29, 0.717) is 10.8 Å². The Morgan fingerprint density at radius 1 is 0.692 bits per heavy atom. The first-order chi connectivity index (χ1) is 11.6. The lowest BCUT2D eigenvalue weighted by Crippen LogP contribution is -3.00. The molecule has 0 saturated heterocycles. The van der Waals surface area contributed by atoms with Gasteiger partial charge in [0.2, 0.25) is 0 Å². The molecule has 6 aliphatic rings. The fourth-order valence-corrected chi connectivity index (χ4v) is 7.76. The molecule has 0 radical (unpaired) electrons. The molecule has 0 aliphatic heterocycles. The van der Waals surface area contributed by atoms with E-state index in [-0.39, 0.29) is 12.4 Å². The van der Waals surface area contributed by atoms with Crippen molar-refractivity contribution in [3.05, 3.63) is 0 Å². The summed E-state index contributed by atoms with van der Waals surface area (Å²) in [6.45, 7) is 13.0. The minimum atomic E-state index is 0. The van der Waals surface area contributed by atoms with Crippen LogP contribution >= 0.6 is 0 Å². The van der Waals surface area contributed by atoms with Crippen molar-refractivity contribution in [1.82, 2.24) is 0 Å². The van der Waals surface area contributed by atoms with Crippen molar-refractivity contribution in [2.75, 3.05) is 27.2 Å². The van der Waals surface area contributed by atoms with Crippen molar-refractivity contribution in [3.63, 3.8) is 0 Å². The molecular weight excluding hydrogens is 338 g/mol. The Morgan fingerprint density at radius 2 is 1.08 bits per heavy atom. The first kappa shape index (κ1) is 21.0. The summed E-state index contributed by atoms with van der Waals surface area (Å²) in [5.41, 5.74) is 1.32. The Kier molecular flexibility index (Phi) is 5.60. The second-order valence-electron chi connectivity index (χ2n) is 12.4. The predicted octanol–water partition coefficient (Wildman–Crippen LogP) is 2.99. The largest absolute Gasteiger partial charge is 1.00 e. The van der Waals surface area contributed by atoms with Gasteiger partial charge in [-0.1, -0.05) is 27.7 Å². The number of rotatable bonds is 6. The number of quaternary nitrogens is 1. The van der Waals surface area contributed by atoms with Crippen LogP contribution in [0.15, 0.2) is 0 Å². The molecule has 0 amide bonds. The molecule has 2 heteroatoms. The summed E-state index contributed by atoms with van der Waals surface area (Å²) in [5.74, 6) is 6.24. The molecule has 0 N–H and O–H groups in total. The van der Waals surface area contributed by atoms with Crippen molar-refractivity contribution in [3.8, 4) is 0 Å². The van der Waals surface area contributed by atoms with Crippen molar-refractivity contribution in [2.24, 2.45) is 46.3 Å². The van der Waals surface area contributed by atoms with E-state index in [1.54, 1.807) is 12.8 Å². The van der Waals surface area contributed by atoms with Gasteiger partial charge in [-0.05, 0) is 97.7 Å². The van der Waals surface area contributed by atoms with Gasteiger partial charge in [-0.2, -0.15) is 0 Å². The standard InChI is InChI=1S/C24H44N.ClH/c1-23(2)19-9-7-17(21(23)15-19)11-13-25(5,6)14-12-18-8-10-20-16-22(18)24(20,3)4;/h17-22H,7-16H2,1-6H3;1H/q+1;/p-1/t17-,18-,19-,20-,21-,22-;/m1./s1. The van der Waals surface area contributed by atoms with E-state index in [0.717, 1.165) is 35.5 Å². The molecule has 26 heavy (non-hydrogen) atoms. The molecule has 6 atom stereocenters. The van der Waals surface area contributed by atoms with Crippen LogP contribution in [0.4, 0.5) is 0 Å². The van der Waals surface area contributed by atoms with Gasteiger partial charge in [0, 0.05) is 0 Å². The van der Waals surface area contributed by atoms with Crippen LogP contribution in [-0.2, 0) is 0 Å². The first-order valence-corrected chi connectivity index (χ1v) is 11.4. The molecule has 0 heterocycles. The minimum absolute atomic E-state index is 0. The van der Waals surface area contributed by atoms with Gasteiger partial charge in [-0.25, -0.2) is 0 Å². The molecule has 4 bridgehead atoms. The average molecular weight is 382 g/mol. The SMILES string of the molecule is CC1(C)[C@@H]2CC[C@H](CC[N+](C)(C)CC[C@H]3CC[C@@H]4C[C@H]3C4(C)C)[C@H]1C2.[Cl-]. The molecule has 0 unspecified atom stereocenters. The maximum absolute atomic E-state index is 2.55. The van der Waals surface area contributed by atoms with Gasteiger partial charge in [0.05, 0.1) is 27.2 Å². The van der Waals surface area contributed by atoms with E-state index in [1.807, 2.05) is 0 Å². The van der Waals surface area contributed by atoms with Crippen molar-refractivity contribution < 1.29 is 16.9 Å². The van der Waals surface area contributed by atoms with Crippen LogP contribution in [0.25, 0.3) is 0 Å². The van der Waals surface area contributed by atoms with E-state index in [9.17, 15) is 0 Å². The highest BCUT2D eigenvalue weighted by Gasteiger charge is 2.55. The van der Waals surface area contributed by atoms with Gasteiger partial charge in [0.1, 0.15) is 0 Å². The summed E-state index contributed by atoms with van der Waals surface area (Å²) < 4.78 is 1.26. The third kappa shape index (κ3) is 3.38. The van der Waals surface area contributed by atoms with Crippen LogP contribution in [0.5, 0.6) is 0 Å². The minimum Gasteiger partial charge on any atom is -1.00 e. The summed E-state index contributed by atoms with van der Waals surface area (Å²) in [6, 6.07) is 0. The first-order valence-electron chi connectivity index (χ1n) is 11.4. The average Bonchev–Trinajstić information content (AvgIpc) is 2.58. The maximum atomic E-state index is 2.55. The van der Waals surface area contributed by atoms with Gasteiger partial charge in [0.25, 0.3) is 0 Å². The molecule has 152 valence electrons. The van der Waals surface area contributed by atoms with E-state index >= 15 is 0 Å². The van der Waals surface area contributed by atoms with Crippen LogP contribution in [-0.4, -0.2) is 31.7 Å². The summed E-state index contributed by atoms with van der Waals surface area (Å²) in [6.07, 6.45) is 12.1. The number of hydrogen-bond acceptors (Lipinski definition) is 0. The summed E-state index contributed by atoms with van der Waals surface area (Å²) in [4.78, 5) is 0. The fraction of sp³-hybridized carbons (Fsp3) is 1.00. The number of fused-ring (bicyclic) bond motifs is 4. The lowest BCUT2D eigenvalue weighted by atomic mass is 9.45. The molecule has 6 rings (SSSR count). The summed E-state index contributed by atoms with van der Waals surface area (Å²) in [5, 5.41) is 0. The van der Waals surface area contributed by atoms with Crippen LogP contribution in [0.1, 0.15) is 79.1 Å². The molecule has 0 aromatic rings. The lowest BCUT2D eigenvalue weighted by Gasteiger charge is -2.60. The van der Waals surface area contributed by atoms with Crippen molar-refractivity contribution in [2.45, 2.75) is 79.1 Å². The van der Waals surface area contributed by atoms with Crippen LogP contribution < -0.4 is 12.4 Å². The van der Waals surface area contributed by atoms with E-state index in [4.69, 9.17) is 0 Å². The third-order valence-corrected chi connectivity index (χ3v) is 10.2. The molecule has 6 saturated carbocycles. The van der Waals surface area contributed by atoms with Gasteiger partial charge in [0.15, 0.2) is 0 Å². The van der Waals surface area contributed by atoms with Crippen LogP contribution in [0, 0.1) is 46.3 Å². The Morgan fingerprint density at radius 3 is 1.38 bits per heavy atom. The van der Waals surface area contributed by atoms with Crippen molar-refractivity contribution >= 4 is 0 Å². The zero-order valence-electron chi connectivity index (χ0n) is 18.4. The molecular formula is C24H44ClN. The molecule has 1 nitrogen and oxygen atoms in total. The molecule has 6 aliphatic carbocycles. The zero-order valence-corrected chi connectivity index (χ0v) is 19.1. The molecule has 6 fully saturated rings. The van der Waals surface area contributed by atoms with Crippen LogP contribution in [0.2, 0.25) is 0 Å². The summed E-state index contributed by atoms with van der Waals surface area (Å²) in [7, 11) is 5.02. The molecule has 0 spiro atoms. The Bertz CT molecular complexity index is 460. The van der Waals surface area contributed by atoms with Gasteiger partial charge < -0.3 is 16.9 Å². The van der Waals surface area contributed by atoms with Gasteiger partial charge >= 0.3 is 0 Å². The normalized spacial score (nSPS) is 42.2. The molecule has 0 aromatic carbocycles. The topological polar surface area (TPSA) is 0 Å². The maximum Gasteiger partial charge on any atom is 0.0785 e. The zero-order chi connectivity index (χ0) is 18.0. The van der Waals surface area contributed by atoms with Gasteiger partial charge in [-0.15, -0.1) is 0 Å². The fourth-order valence-electron chi connectivity index (χ4n) is 7.76. The highest BCUT2D eigenvalue weighted by Crippen LogP contribution is 2.63. The molecule has 0 aromatic heterocycles. The third-order valence-electron chi connectivity index (χ3n) is 10.2. The predicted molar refractivity (Wildman–Crippen MR) is 107 cm³/mol. The highest BCUT2D eigenvalue weighted by molar-refractivity contribution is 5.04. The van der Waals surface area contributed by atoms with E-state index < -0.39 is 0 Å². The second-order valence-corrected chi connectivity index (χ2v) is 12.4. The smallest absolute Gasteiger partial charge is 0.0785 e. The Balaban J connectivity index is 0.00000196. The number of nitrogens with zero attached hydrogens (tertiary/aromatic N) is 1. The van der Waals surface area contributed by atoms with Crippen molar-refractivity contribution in [1.29, 1.82) is 0 Å². The monoisotopic (exact) mass is 381 g/mol. The Labute approximate surface area is 169 Å². The summed E-state index contributed by atoms with van der Waals surface area (Å²) >= 11 is 0. The second kappa shape index (κ2) is 6.94. The van der Waals surface area contributed by atoms with Gasteiger partial charge in [-0.3, -0.25) is 0 Å².